The fourth-order valence-electron chi connectivity index (χ4n) is 2.05. The van der Waals surface area contributed by atoms with Crippen molar-refractivity contribution in [3.63, 3.8) is 0 Å². The lowest BCUT2D eigenvalue weighted by atomic mass is 10.1. The molecule has 0 spiro atoms. The third-order valence-corrected chi connectivity index (χ3v) is 3.89. The molecule has 0 aliphatic rings. The molecule has 0 bridgehead atoms. The highest BCUT2D eigenvalue weighted by Crippen LogP contribution is 2.28. The molecule has 0 saturated carbocycles. The standard InChI is InChI=1S/C13H20N2O5S/c1-3-4-11(9-21(14,18)19)8-20-13-6-5-10(2)7-12(13)15(16)17/h5-7,11H,3-4,8-9H2,1-2H3,(H2,14,18,19). The first-order valence-corrected chi connectivity index (χ1v) is 8.32. The van der Waals surface area contributed by atoms with Gasteiger partial charge in [0.2, 0.25) is 10.0 Å². The number of hydrogen-bond acceptors (Lipinski definition) is 5. The van der Waals surface area contributed by atoms with E-state index in [4.69, 9.17) is 9.88 Å². The second-order valence-electron chi connectivity index (χ2n) is 5.02. The molecule has 0 amide bonds. The Morgan fingerprint density at radius 2 is 2.10 bits per heavy atom. The van der Waals surface area contributed by atoms with Gasteiger partial charge in [-0.2, -0.15) is 0 Å². The monoisotopic (exact) mass is 316 g/mol. The van der Waals surface area contributed by atoms with E-state index in [9.17, 15) is 18.5 Å². The molecular weight excluding hydrogens is 296 g/mol. The Labute approximate surface area is 124 Å². The van der Waals surface area contributed by atoms with Crippen molar-refractivity contribution in [2.75, 3.05) is 12.4 Å². The normalized spacial score (nSPS) is 12.9. The van der Waals surface area contributed by atoms with E-state index in [2.05, 4.69) is 0 Å². The molecule has 0 heterocycles. The molecule has 7 nitrogen and oxygen atoms in total. The molecule has 21 heavy (non-hydrogen) atoms. The number of benzene rings is 1. The lowest BCUT2D eigenvalue weighted by molar-refractivity contribution is -0.385. The van der Waals surface area contributed by atoms with Gasteiger partial charge in [-0.25, -0.2) is 13.6 Å². The second kappa shape index (κ2) is 7.37. The van der Waals surface area contributed by atoms with Crippen LogP contribution >= 0.6 is 0 Å². The molecule has 0 aromatic heterocycles. The summed E-state index contributed by atoms with van der Waals surface area (Å²) < 4.78 is 27.8. The molecule has 0 fully saturated rings. The van der Waals surface area contributed by atoms with Crippen LogP contribution in [-0.2, 0) is 10.0 Å². The predicted molar refractivity (Wildman–Crippen MR) is 79.7 cm³/mol. The largest absolute Gasteiger partial charge is 0.486 e. The molecular formula is C13H20N2O5S. The molecule has 1 unspecified atom stereocenters. The van der Waals surface area contributed by atoms with E-state index in [0.29, 0.717) is 6.42 Å². The molecule has 0 aliphatic heterocycles. The van der Waals surface area contributed by atoms with E-state index < -0.39 is 14.9 Å². The number of nitro groups is 1. The first-order valence-electron chi connectivity index (χ1n) is 6.61. The molecule has 0 aliphatic carbocycles. The summed E-state index contributed by atoms with van der Waals surface area (Å²) in [5.41, 5.74) is 0.629. The quantitative estimate of drug-likeness (QED) is 0.582. The van der Waals surface area contributed by atoms with Crippen molar-refractivity contribution in [3.8, 4) is 5.75 Å². The zero-order valence-electron chi connectivity index (χ0n) is 12.1. The predicted octanol–water partition coefficient (Wildman–Crippen LogP) is 1.99. The number of primary sulfonamides is 1. The van der Waals surface area contributed by atoms with Crippen molar-refractivity contribution in [1.29, 1.82) is 0 Å². The summed E-state index contributed by atoms with van der Waals surface area (Å²) in [7, 11) is -3.60. The summed E-state index contributed by atoms with van der Waals surface area (Å²) in [6.07, 6.45) is 1.40. The fraction of sp³-hybridized carbons (Fsp3) is 0.538. The molecule has 1 aromatic rings. The van der Waals surface area contributed by atoms with E-state index in [0.717, 1.165) is 12.0 Å². The Morgan fingerprint density at radius 1 is 1.43 bits per heavy atom. The van der Waals surface area contributed by atoms with Gasteiger partial charge in [-0.1, -0.05) is 19.4 Å². The zero-order valence-corrected chi connectivity index (χ0v) is 12.9. The van der Waals surface area contributed by atoms with Crippen LogP contribution < -0.4 is 9.88 Å². The van der Waals surface area contributed by atoms with Gasteiger partial charge in [-0.15, -0.1) is 0 Å². The number of hydrogen-bond donors (Lipinski definition) is 1. The van der Waals surface area contributed by atoms with E-state index >= 15 is 0 Å². The molecule has 0 radical (unpaired) electrons. The number of nitrogens with zero attached hydrogens (tertiary/aromatic N) is 1. The van der Waals surface area contributed by atoms with Crippen molar-refractivity contribution in [3.05, 3.63) is 33.9 Å². The highest BCUT2D eigenvalue weighted by molar-refractivity contribution is 7.89. The van der Waals surface area contributed by atoms with Crippen LogP contribution in [0.3, 0.4) is 0 Å². The Morgan fingerprint density at radius 3 is 2.62 bits per heavy atom. The summed E-state index contributed by atoms with van der Waals surface area (Å²) in [5, 5.41) is 16.0. The van der Waals surface area contributed by atoms with Crippen molar-refractivity contribution < 1.29 is 18.1 Å². The van der Waals surface area contributed by atoms with E-state index in [1.807, 2.05) is 6.92 Å². The van der Waals surface area contributed by atoms with Crippen LogP contribution in [0.1, 0.15) is 25.3 Å². The summed E-state index contributed by atoms with van der Waals surface area (Å²) in [6, 6.07) is 4.65. The van der Waals surface area contributed by atoms with Gasteiger partial charge >= 0.3 is 5.69 Å². The number of rotatable bonds is 8. The van der Waals surface area contributed by atoms with Crippen molar-refractivity contribution in [1.82, 2.24) is 0 Å². The van der Waals surface area contributed by atoms with Gasteiger partial charge in [0.15, 0.2) is 5.75 Å². The van der Waals surface area contributed by atoms with Crippen molar-refractivity contribution >= 4 is 15.7 Å². The Bertz CT molecular complexity index is 601. The topological polar surface area (TPSA) is 113 Å². The highest BCUT2D eigenvalue weighted by atomic mass is 32.2. The van der Waals surface area contributed by atoms with Crippen LogP contribution in [0.15, 0.2) is 18.2 Å². The number of ether oxygens (including phenoxy) is 1. The smallest absolute Gasteiger partial charge is 0.311 e. The third kappa shape index (κ3) is 6.09. The molecule has 1 aromatic carbocycles. The molecule has 8 heteroatoms. The van der Waals surface area contributed by atoms with E-state index in [-0.39, 0.29) is 29.7 Å². The summed E-state index contributed by atoms with van der Waals surface area (Å²) >= 11 is 0. The third-order valence-electron chi connectivity index (χ3n) is 2.95. The second-order valence-corrected chi connectivity index (χ2v) is 6.68. The minimum atomic E-state index is -3.60. The van der Waals surface area contributed by atoms with Crippen LogP contribution in [0, 0.1) is 23.0 Å². The maximum Gasteiger partial charge on any atom is 0.311 e. The van der Waals surface area contributed by atoms with E-state index in [1.165, 1.54) is 12.1 Å². The van der Waals surface area contributed by atoms with Gasteiger partial charge in [0.05, 0.1) is 17.3 Å². The van der Waals surface area contributed by atoms with Crippen LogP contribution in [-0.4, -0.2) is 25.7 Å². The minimum Gasteiger partial charge on any atom is -0.486 e. The molecule has 0 saturated heterocycles. The average Bonchev–Trinajstić information content (AvgIpc) is 2.35. The zero-order chi connectivity index (χ0) is 16.0. The number of nitro benzene ring substituents is 1. The van der Waals surface area contributed by atoms with Gasteiger partial charge < -0.3 is 4.74 Å². The Hall–Kier alpha value is -1.67. The molecule has 118 valence electrons. The maximum absolute atomic E-state index is 11.2. The number of sulfonamides is 1. The lowest BCUT2D eigenvalue weighted by Crippen LogP contribution is -2.27. The Balaban J connectivity index is 2.82. The summed E-state index contributed by atoms with van der Waals surface area (Å²) in [5.74, 6) is -0.340. The van der Waals surface area contributed by atoms with Gasteiger partial charge in [0.25, 0.3) is 0 Å². The van der Waals surface area contributed by atoms with Crippen molar-refractivity contribution in [2.45, 2.75) is 26.7 Å². The molecule has 2 N–H and O–H groups in total. The highest BCUT2D eigenvalue weighted by Gasteiger charge is 2.19. The van der Waals surface area contributed by atoms with Crippen molar-refractivity contribution in [2.24, 2.45) is 11.1 Å². The molecule has 1 atom stereocenters. The summed E-state index contributed by atoms with van der Waals surface area (Å²) in [4.78, 5) is 10.5. The fourth-order valence-corrected chi connectivity index (χ4v) is 2.97. The minimum absolute atomic E-state index is 0.0776. The first-order chi connectivity index (χ1) is 9.73. The maximum atomic E-state index is 11.2. The summed E-state index contributed by atoms with van der Waals surface area (Å²) in [6.45, 7) is 3.75. The van der Waals surface area contributed by atoms with Crippen LogP contribution in [0.2, 0.25) is 0 Å². The molecule has 1 rings (SSSR count). The first kappa shape index (κ1) is 17.4. The van der Waals surface area contributed by atoms with Gasteiger partial charge in [-0.3, -0.25) is 10.1 Å². The van der Waals surface area contributed by atoms with Crippen LogP contribution in [0.4, 0.5) is 5.69 Å². The van der Waals surface area contributed by atoms with Gasteiger partial charge in [-0.05, 0) is 25.0 Å². The number of nitrogens with two attached hydrogens (primary N) is 1. The van der Waals surface area contributed by atoms with E-state index in [1.54, 1.807) is 13.0 Å². The number of aryl methyl sites for hydroxylation is 1. The lowest BCUT2D eigenvalue weighted by Gasteiger charge is -2.16. The van der Waals surface area contributed by atoms with Gasteiger partial charge in [0.1, 0.15) is 0 Å². The van der Waals surface area contributed by atoms with Crippen LogP contribution in [0.5, 0.6) is 5.75 Å². The van der Waals surface area contributed by atoms with Crippen LogP contribution in [0.25, 0.3) is 0 Å². The average molecular weight is 316 g/mol. The Kier molecular flexibility index (Phi) is 6.10. The SMILES string of the molecule is CCCC(COc1ccc(C)cc1[N+](=O)[O-])CS(N)(=O)=O. The van der Waals surface area contributed by atoms with Gasteiger partial charge in [0, 0.05) is 12.0 Å².